The van der Waals surface area contributed by atoms with E-state index >= 15 is 0 Å². The van der Waals surface area contributed by atoms with Crippen molar-refractivity contribution >= 4 is 5.91 Å². The van der Waals surface area contributed by atoms with Gasteiger partial charge in [0.15, 0.2) is 6.61 Å². The molecule has 2 rings (SSSR count). The topological polar surface area (TPSA) is 41.6 Å². The molecule has 4 nitrogen and oxygen atoms in total. The summed E-state index contributed by atoms with van der Waals surface area (Å²) in [7, 11) is 3.85. The van der Waals surface area contributed by atoms with E-state index in [9.17, 15) is 9.18 Å². The highest BCUT2D eigenvalue weighted by molar-refractivity contribution is 5.77. The lowest BCUT2D eigenvalue weighted by Crippen LogP contribution is -2.36. The summed E-state index contributed by atoms with van der Waals surface area (Å²) in [6, 6.07) is 14.1. The fraction of sp³-hybridized carbons (Fsp3) is 0.381. The summed E-state index contributed by atoms with van der Waals surface area (Å²) < 4.78 is 18.6. The molecule has 0 spiro atoms. The minimum absolute atomic E-state index is 0.0371. The highest BCUT2D eigenvalue weighted by Gasteiger charge is 2.15. The molecular formula is C21H27FN2O2. The molecule has 0 fully saturated rings. The summed E-state index contributed by atoms with van der Waals surface area (Å²) >= 11 is 0. The minimum atomic E-state index is -0.271. The van der Waals surface area contributed by atoms with Crippen molar-refractivity contribution in [1.82, 2.24) is 10.2 Å². The number of nitrogens with zero attached hydrogens (tertiary/aromatic N) is 1. The molecule has 1 atom stereocenters. The Morgan fingerprint density at radius 2 is 1.62 bits per heavy atom. The maximum atomic E-state index is 13.1. The molecule has 2 aromatic carbocycles. The number of amides is 1. The first kappa shape index (κ1) is 19.9. The molecule has 5 heteroatoms. The summed E-state index contributed by atoms with van der Waals surface area (Å²) in [5.41, 5.74) is 2.18. The Labute approximate surface area is 155 Å². The van der Waals surface area contributed by atoms with Gasteiger partial charge < -0.3 is 15.0 Å². The Morgan fingerprint density at radius 1 is 1.04 bits per heavy atom. The molecule has 0 saturated heterocycles. The molecule has 0 aromatic heterocycles. The lowest BCUT2D eigenvalue weighted by Gasteiger charge is -2.25. The van der Waals surface area contributed by atoms with Crippen molar-refractivity contribution in [3.63, 3.8) is 0 Å². The second-order valence-corrected chi connectivity index (χ2v) is 6.85. The average Bonchev–Trinajstić information content (AvgIpc) is 2.61. The van der Waals surface area contributed by atoms with Gasteiger partial charge in [-0.25, -0.2) is 4.39 Å². The first-order valence-corrected chi connectivity index (χ1v) is 8.78. The van der Waals surface area contributed by atoms with Crippen molar-refractivity contribution in [2.24, 2.45) is 0 Å². The van der Waals surface area contributed by atoms with Gasteiger partial charge in [-0.2, -0.15) is 0 Å². The van der Waals surface area contributed by atoms with Crippen LogP contribution in [0.5, 0.6) is 5.75 Å². The molecule has 0 radical (unpaired) electrons. The number of hydrogen-bond acceptors (Lipinski definition) is 3. The van der Waals surface area contributed by atoms with E-state index in [0.29, 0.717) is 18.2 Å². The maximum Gasteiger partial charge on any atom is 0.258 e. The molecule has 0 unspecified atom stereocenters. The molecule has 140 valence electrons. The van der Waals surface area contributed by atoms with Crippen LogP contribution in [0.1, 0.15) is 36.9 Å². The Hall–Kier alpha value is -2.40. The van der Waals surface area contributed by atoms with Crippen LogP contribution in [0.4, 0.5) is 4.39 Å². The first-order chi connectivity index (χ1) is 12.4. The normalized spacial score (nSPS) is 12.3. The highest BCUT2D eigenvalue weighted by Crippen LogP contribution is 2.19. The Bertz CT molecular complexity index is 697. The first-order valence-electron chi connectivity index (χ1n) is 8.78. The smallest absolute Gasteiger partial charge is 0.258 e. The lowest BCUT2D eigenvalue weighted by atomic mass is 10.0. The van der Waals surface area contributed by atoms with Crippen molar-refractivity contribution < 1.29 is 13.9 Å². The molecule has 1 amide bonds. The molecule has 1 N–H and O–H groups in total. The number of carbonyl (C=O) groups excluding carboxylic acids is 1. The number of nitrogens with one attached hydrogen (secondary N) is 1. The van der Waals surface area contributed by atoms with Crippen LogP contribution in [0, 0.1) is 5.82 Å². The van der Waals surface area contributed by atoms with Crippen LogP contribution in [0.3, 0.4) is 0 Å². The van der Waals surface area contributed by atoms with Crippen molar-refractivity contribution in [2.45, 2.75) is 25.8 Å². The van der Waals surface area contributed by atoms with E-state index in [0.717, 1.165) is 5.56 Å². The van der Waals surface area contributed by atoms with E-state index in [1.807, 2.05) is 43.3 Å². The Morgan fingerprint density at radius 3 is 2.15 bits per heavy atom. The van der Waals surface area contributed by atoms with Crippen LogP contribution >= 0.6 is 0 Å². The van der Waals surface area contributed by atoms with Gasteiger partial charge in [0.1, 0.15) is 11.6 Å². The lowest BCUT2D eigenvalue weighted by molar-refractivity contribution is -0.123. The van der Waals surface area contributed by atoms with Crippen LogP contribution in [-0.4, -0.2) is 38.1 Å². The van der Waals surface area contributed by atoms with Gasteiger partial charge in [-0.3, -0.25) is 4.79 Å². The number of halogens is 1. The number of likely N-dealkylation sites (N-methyl/N-ethyl adjacent to an activating group) is 1. The van der Waals surface area contributed by atoms with Crippen LogP contribution in [0.15, 0.2) is 48.5 Å². The zero-order valence-corrected chi connectivity index (χ0v) is 15.8. The van der Waals surface area contributed by atoms with E-state index < -0.39 is 0 Å². The van der Waals surface area contributed by atoms with E-state index in [2.05, 4.69) is 19.2 Å². The second kappa shape index (κ2) is 9.34. The van der Waals surface area contributed by atoms with E-state index in [4.69, 9.17) is 4.74 Å². The summed E-state index contributed by atoms with van der Waals surface area (Å²) in [6.07, 6.45) is 0. The van der Waals surface area contributed by atoms with Gasteiger partial charge >= 0.3 is 0 Å². The third-order valence-corrected chi connectivity index (χ3v) is 4.29. The maximum absolute atomic E-state index is 13.1. The number of ether oxygens (including phenoxy) is 1. The van der Waals surface area contributed by atoms with Gasteiger partial charge in [-0.05, 0) is 55.4 Å². The van der Waals surface area contributed by atoms with Gasteiger partial charge in [-0.1, -0.05) is 38.1 Å². The van der Waals surface area contributed by atoms with Gasteiger partial charge in [0.05, 0.1) is 6.04 Å². The quantitative estimate of drug-likeness (QED) is 0.781. The largest absolute Gasteiger partial charge is 0.484 e. The SMILES string of the molecule is CC(C)c1ccc(OCC(=O)NC[C@@H](c2ccc(F)cc2)N(C)C)cc1. The van der Waals surface area contributed by atoms with Crippen LogP contribution in [0.2, 0.25) is 0 Å². The predicted octanol–water partition coefficient (Wildman–Crippen LogP) is 3.75. The number of benzene rings is 2. The van der Waals surface area contributed by atoms with E-state index in [-0.39, 0.29) is 24.4 Å². The van der Waals surface area contributed by atoms with Crippen LogP contribution in [-0.2, 0) is 4.79 Å². The fourth-order valence-corrected chi connectivity index (χ4v) is 2.64. The summed E-state index contributed by atoms with van der Waals surface area (Å²) in [5.74, 6) is 0.674. The summed E-state index contributed by atoms with van der Waals surface area (Å²) in [6.45, 7) is 4.65. The standard InChI is InChI=1S/C21H27FN2O2/c1-15(2)16-7-11-19(12-8-16)26-14-21(25)23-13-20(24(3)4)17-5-9-18(22)10-6-17/h5-12,15,20H,13-14H2,1-4H3,(H,23,25)/t20-/m0/s1. The predicted molar refractivity (Wildman–Crippen MR) is 102 cm³/mol. The molecule has 0 aliphatic carbocycles. The zero-order valence-electron chi connectivity index (χ0n) is 15.8. The van der Waals surface area contributed by atoms with Crippen molar-refractivity contribution in [1.29, 1.82) is 0 Å². The van der Waals surface area contributed by atoms with Gasteiger partial charge in [-0.15, -0.1) is 0 Å². The highest BCUT2D eigenvalue weighted by atomic mass is 19.1. The van der Waals surface area contributed by atoms with Gasteiger partial charge in [0, 0.05) is 6.54 Å². The fourth-order valence-electron chi connectivity index (χ4n) is 2.64. The molecule has 0 bridgehead atoms. The Balaban J connectivity index is 1.85. The van der Waals surface area contributed by atoms with Crippen LogP contribution < -0.4 is 10.1 Å². The third-order valence-electron chi connectivity index (χ3n) is 4.29. The van der Waals surface area contributed by atoms with Crippen molar-refractivity contribution in [3.8, 4) is 5.75 Å². The summed E-state index contributed by atoms with van der Waals surface area (Å²) in [5, 5.41) is 2.88. The molecule has 26 heavy (non-hydrogen) atoms. The van der Waals surface area contributed by atoms with Crippen molar-refractivity contribution in [3.05, 3.63) is 65.5 Å². The number of hydrogen-bond donors (Lipinski definition) is 1. The number of carbonyl (C=O) groups is 1. The van der Waals surface area contributed by atoms with Crippen LogP contribution in [0.25, 0.3) is 0 Å². The third kappa shape index (κ3) is 5.85. The van der Waals surface area contributed by atoms with E-state index in [1.54, 1.807) is 12.1 Å². The average molecular weight is 358 g/mol. The monoisotopic (exact) mass is 358 g/mol. The Kier molecular flexibility index (Phi) is 7.16. The molecule has 0 aliphatic heterocycles. The molecule has 2 aromatic rings. The molecule has 0 heterocycles. The molecule has 0 aliphatic rings. The second-order valence-electron chi connectivity index (χ2n) is 6.85. The summed E-state index contributed by atoms with van der Waals surface area (Å²) in [4.78, 5) is 14.1. The zero-order chi connectivity index (χ0) is 19.1. The minimum Gasteiger partial charge on any atom is -0.484 e. The van der Waals surface area contributed by atoms with Gasteiger partial charge in [0.2, 0.25) is 0 Å². The van der Waals surface area contributed by atoms with Crippen molar-refractivity contribution in [2.75, 3.05) is 27.2 Å². The van der Waals surface area contributed by atoms with Gasteiger partial charge in [0.25, 0.3) is 5.91 Å². The number of rotatable bonds is 8. The van der Waals surface area contributed by atoms with E-state index in [1.165, 1.54) is 17.7 Å². The molecule has 0 saturated carbocycles. The molecular weight excluding hydrogens is 331 g/mol.